The molecule has 0 aliphatic carbocycles. The monoisotopic (exact) mass is 199 g/mol. The minimum absolute atomic E-state index is 0.0174. The number of nitrogens with zero attached hydrogens (tertiary/aromatic N) is 1. The Balaban J connectivity index is 2.11. The van der Waals surface area contributed by atoms with Gasteiger partial charge in [0, 0.05) is 23.9 Å². The van der Waals surface area contributed by atoms with Crippen molar-refractivity contribution in [3.8, 4) is 11.1 Å². The van der Waals surface area contributed by atoms with E-state index in [9.17, 15) is 4.79 Å². The average molecular weight is 199 g/mol. The molecule has 0 radical (unpaired) electrons. The first-order valence-electron chi connectivity index (χ1n) is 4.75. The average Bonchev–Trinajstić information content (AvgIpc) is 2.88. The van der Waals surface area contributed by atoms with E-state index in [0.29, 0.717) is 6.54 Å². The Labute approximate surface area is 86.3 Å². The number of aromatic amines is 1. The van der Waals surface area contributed by atoms with Gasteiger partial charge in [0.15, 0.2) is 0 Å². The minimum atomic E-state index is 0.0174. The van der Waals surface area contributed by atoms with Crippen molar-refractivity contribution in [2.24, 2.45) is 0 Å². The highest BCUT2D eigenvalue weighted by atomic mass is 16.1. The predicted molar refractivity (Wildman–Crippen MR) is 55.2 cm³/mol. The molecule has 0 fully saturated rings. The van der Waals surface area contributed by atoms with Crippen molar-refractivity contribution in [2.75, 3.05) is 0 Å². The molecule has 4 heteroatoms. The maximum atomic E-state index is 11.3. The minimum Gasteiger partial charge on any atom is -0.348 e. The van der Waals surface area contributed by atoms with Crippen LogP contribution in [-0.2, 0) is 6.54 Å². The summed E-state index contributed by atoms with van der Waals surface area (Å²) in [6, 6.07) is 5.83. The van der Waals surface area contributed by atoms with Crippen LogP contribution in [-0.4, -0.2) is 16.1 Å². The zero-order chi connectivity index (χ0) is 10.3. The van der Waals surface area contributed by atoms with Crippen molar-refractivity contribution < 1.29 is 4.79 Å². The molecule has 0 bridgehead atoms. The fraction of sp³-hybridized carbons (Fsp3) is 0.0909. The van der Waals surface area contributed by atoms with Crippen LogP contribution in [0.15, 0.2) is 30.6 Å². The highest BCUT2D eigenvalue weighted by Gasteiger charge is 2.18. The molecule has 4 nitrogen and oxygen atoms in total. The zero-order valence-electron chi connectivity index (χ0n) is 7.95. The lowest BCUT2D eigenvalue weighted by Crippen LogP contribution is -2.12. The molecule has 1 aliphatic heterocycles. The fourth-order valence-electron chi connectivity index (χ4n) is 1.82. The van der Waals surface area contributed by atoms with E-state index < -0.39 is 0 Å². The summed E-state index contributed by atoms with van der Waals surface area (Å²) in [5.74, 6) is 0.0174. The molecule has 3 rings (SSSR count). The number of amides is 1. The van der Waals surface area contributed by atoms with Crippen LogP contribution in [0.3, 0.4) is 0 Å². The summed E-state index contributed by atoms with van der Waals surface area (Å²) >= 11 is 0. The Kier molecular flexibility index (Phi) is 1.62. The van der Waals surface area contributed by atoms with E-state index in [1.807, 2.05) is 24.4 Å². The second-order valence-corrected chi connectivity index (χ2v) is 3.54. The number of rotatable bonds is 1. The van der Waals surface area contributed by atoms with Crippen molar-refractivity contribution >= 4 is 5.91 Å². The molecule has 2 aromatic rings. The first-order chi connectivity index (χ1) is 7.34. The van der Waals surface area contributed by atoms with Crippen LogP contribution >= 0.6 is 0 Å². The largest absolute Gasteiger partial charge is 0.348 e. The summed E-state index contributed by atoms with van der Waals surface area (Å²) in [7, 11) is 0. The van der Waals surface area contributed by atoms with E-state index in [4.69, 9.17) is 0 Å². The van der Waals surface area contributed by atoms with E-state index >= 15 is 0 Å². The lowest BCUT2D eigenvalue weighted by Gasteiger charge is -1.99. The lowest BCUT2D eigenvalue weighted by molar-refractivity contribution is 0.0966. The molecule has 1 aromatic heterocycles. The van der Waals surface area contributed by atoms with Crippen molar-refractivity contribution in [1.82, 2.24) is 15.5 Å². The highest BCUT2D eigenvalue weighted by molar-refractivity contribution is 5.98. The molecular weight excluding hydrogens is 190 g/mol. The van der Waals surface area contributed by atoms with Crippen molar-refractivity contribution in [2.45, 2.75) is 6.54 Å². The predicted octanol–water partition coefficient (Wildman–Crippen LogP) is 1.32. The topological polar surface area (TPSA) is 57.8 Å². The van der Waals surface area contributed by atoms with Gasteiger partial charge in [-0.2, -0.15) is 5.10 Å². The van der Waals surface area contributed by atoms with E-state index in [2.05, 4.69) is 15.5 Å². The van der Waals surface area contributed by atoms with Gasteiger partial charge >= 0.3 is 0 Å². The van der Waals surface area contributed by atoms with Gasteiger partial charge in [-0.3, -0.25) is 9.89 Å². The summed E-state index contributed by atoms with van der Waals surface area (Å²) in [4.78, 5) is 11.3. The van der Waals surface area contributed by atoms with E-state index in [1.54, 1.807) is 6.20 Å². The smallest absolute Gasteiger partial charge is 0.251 e. The van der Waals surface area contributed by atoms with Gasteiger partial charge < -0.3 is 5.32 Å². The fourth-order valence-corrected chi connectivity index (χ4v) is 1.82. The first-order valence-corrected chi connectivity index (χ1v) is 4.75. The molecule has 1 aromatic carbocycles. The Morgan fingerprint density at radius 2 is 2.20 bits per heavy atom. The molecule has 0 unspecified atom stereocenters. The number of fused-ring (bicyclic) bond motifs is 1. The third-order valence-corrected chi connectivity index (χ3v) is 2.62. The van der Waals surface area contributed by atoms with Crippen LogP contribution in [0.1, 0.15) is 15.9 Å². The molecule has 1 aliphatic rings. The standard InChI is InChI=1S/C11H9N3O/c15-11-10-2-1-7(3-8(10)4-12-11)9-5-13-14-6-9/h1-3,5-6H,4H2,(H,12,15)(H,13,14). The summed E-state index contributed by atoms with van der Waals surface area (Å²) in [5, 5.41) is 9.47. The van der Waals surface area contributed by atoms with Crippen LogP contribution < -0.4 is 5.32 Å². The van der Waals surface area contributed by atoms with Crippen LogP contribution in [0, 0.1) is 0 Å². The third kappa shape index (κ3) is 1.22. The second-order valence-electron chi connectivity index (χ2n) is 3.54. The molecule has 0 saturated heterocycles. The molecule has 2 N–H and O–H groups in total. The molecule has 2 heterocycles. The number of aromatic nitrogens is 2. The van der Waals surface area contributed by atoms with Gasteiger partial charge in [-0.25, -0.2) is 0 Å². The molecule has 74 valence electrons. The van der Waals surface area contributed by atoms with Gasteiger partial charge in [0.2, 0.25) is 0 Å². The maximum Gasteiger partial charge on any atom is 0.251 e. The normalized spacial score (nSPS) is 13.7. The van der Waals surface area contributed by atoms with Crippen LogP contribution in [0.5, 0.6) is 0 Å². The number of carbonyl (C=O) groups is 1. The van der Waals surface area contributed by atoms with Crippen molar-refractivity contribution in [1.29, 1.82) is 0 Å². The quantitative estimate of drug-likeness (QED) is 0.727. The van der Waals surface area contributed by atoms with Gasteiger partial charge in [0.1, 0.15) is 0 Å². The number of benzene rings is 1. The van der Waals surface area contributed by atoms with E-state index in [-0.39, 0.29) is 5.91 Å². The molecule has 1 amide bonds. The number of hydrogen-bond acceptors (Lipinski definition) is 2. The number of H-pyrrole nitrogens is 1. The molecule has 15 heavy (non-hydrogen) atoms. The Morgan fingerprint density at radius 1 is 1.27 bits per heavy atom. The summed E-state index contributed by atoms with van der Waals surface area (Å²) in [5.41, 5.74) is 3.96. The van der Waals surface area contributed by atoms with Crippen LogP contribution in [0.4, 0.5) is 0 Å². The highest BCUT2D eigenvalue weighted by Crippen LogP contribution is 2.23. The SMILES string of the molecule is O=C1NCc2cc(-c3cn[nH]c3)ccc21. The molecular formula is C11H9N3O. The second kappa shape index (κ2) is 2.95. The van der Waals surface area contributed by atoms with Crippen LogP contribution in [0.2, 0.25) is 0 Å². The van der Waals surface area contributed by atoms with Gasteiger partial charge in [0.25, 0.3) is 5.91 Å². The zero-order valence-corrected chi connectivity index (χ0v) is 7.95. The number of carbonyl (C=O) groups excluding carboxylic acids is 1. The van der Waals surface area contributed by atoms with E-state index in [1.165, 1.54) is 0 Å². The molecule has 0 atom stereocenters. The van der Waals surface area contributed by atoms with Gasteiger partial charge in [-0.1, -0.05) is 6.07 Å². The molecule has 0 saturated carbocycles. The Morgan fingerprint density at radius 3 is 3.00 bits per heavy atom. The van der Waals surface area contributed by atoms with Gasteiger partial charge in [-0.15, -0.1) is 0 Å². The Bertz CT molecular complexity index is 517. The number of nitrogens with one attached hydrogen (secondary N) is 2. The third-order valence-electron chi connectivity index (χ3n) is 2.62. The van der Waals surface area contributed by atoms with Crippen molar-refractivity contribution in [3.63, 3.8) is 0 Å². The van der Waals surface area contributed by atoms with Crippen molar-refractivity contribution in [3.05, 3.63) is 41.7 Å². The van der Waals surface area contributed by atoms with Crippen LogP contribution in [0.25, 0.3) is 11.1 Å². The molecule has 0 spiro atoms. The van der Waals surface area contributed by atoms with Gasteiger partial charge in [0.05, 0.1) is 6.20 Å². The van der Waals surface area contributed by atoms with E-state index in [0.717, 1.165) is 22.3 Å². The maximum absolute atomic E-state index is 11.3. The Hall–Kier alpha value is -2.10. The summed E-state index contributed by atoms with van der Waals surface area (Å²) in [6.45, 7) is 0.625. The lowest BCUT2D eigenvalue weighted by atomic mass is 10.0. The van der Waals surface area contributed by atoms with Gasteiger partial charge in [-0.05, 0) is 23.3 Å². The summed E-state index contributed by atoms with van der Waals surface area (Å²) < 4.78 is 0. The summed E-state index contributed by atoms with van der Waals surface area (Å²) in [6.07, 6.45) is 3.61. The first kappa shape index (κ1) is 8.23. The number of hydrogen-bond donors (Lipinski definition) is 2.